The average molecular weight is 315 g/mol. The molecule has 1 atom stereocenters. The lowest BCUT2D eigenvalue weighted by Crippen LogP contribution is -2.38. The average Bonchev–Trinajstić information content (AvgIpc) is 3.00. The maximum atomic E-state index is 12.2. The Balaban J connectivity index is 1.91. The van der Waals surface area contributed by atoms with E-state index in [1.165, 1.54) is 0 Å². The highest BCUT2D eigenvalue weighted by Crippen LogP contribution is 2.28. The standard InChI is InChI=1S/C18H25N3O2/c1-13(2)16-7-6-14(3)12-17(16)23-15(4)18(22)19-9-11-21-10-5-8-20-21/h5-8,10,12-13,15H,9,11H2,1-4H3,(H,19,22)/t15-/m0/s1. The van der Waals surface area contributed by atoms with Gasteiger partial charge in [-0.25, -0.2) is 0 Å². The van der Waals surface area contributed by atoms with E-state index in [1.54, 1.807) is 17.8 Å². The zero-order valence-corrected chi connectivity index (χ0v) is 14.2. The van der Waals surface area contributed by atoms with Gasteiger partial charge in [0.15, 0.2) is 6.10 Å². The molecule has 1 aromatic heterocycles. The van der Waals surface area contributed by atoms with Crippen LogP contribution in [0.3, 0.4) is 0 Å². The molecule has 0 spiro atoms. The molecular weight excluding hydrogens is 290 g/mol. The highest BCUT2D eigenvalue weighted by Gasteiger charge is 2.17. The van der Waals surface area contributed by atoms with Crippen molar-refractivity contribution < 1.29 is 9.53 Å². The third kappa shape index (κ3) is 4.84. The number of carbonyl (C=O) groups excluding carboxylic acids is 1. The molecule has 5 heteroatoms. The highest BCUT2D eigenvalue weighted by atomic mass is 16.5. The van der Waals surface area contributed by atoms with Gasteiger partial charge in [0.05, 0.1) is 6.54 Å². The molecule has 1 heterocycles. The number of ether oxygens (including phenoxy) is 1. The van der Waals surface area contributed by atoms with Gasteiger partial charge >= 0.3 is 0 Å². The van der Waals surface area contributed by atoms with Crippen molar-refractivity contribution in [3.8, 4) is 5.75 Å². The summed E-state index contributed by atoms with van der Waals surface area (Å²) in [6.45, 7) is 9.20. The van der Waals surface area contributed by atoms with Crippen LogP contribution in [0, 0.1) is 6.92 Å². The fourth-order valence-corrected chi connectivity index (χ4v) is 2.33. The molecule has 0 aliphatic heterocycles. The normalized spacial score (nSPS) is 12.2. The second kappa shape index (κ2) is 7.81. The van der Waals surface area contributed by atoms with Crippen LogP contribution in [-0.2, 0) is 11.3 Å². The Labute approximate surface area is 137 Å². The summed E-state index contributed by atoms with van der Waals surface area (Å²) >= 11 is 0. The van der Waals surface area contributed by atoms with Crippen molar-refractivity contribution in [3.05, 3.63) is 47.8 Å². The molecule has 124 valence electrons. The Morgan fingerprint density at radius 2 is 2.13 bits per heavy atom. The molecule has 23 heavy (non-hydrogen) atoms. The summed E-state index contributed by atoms with van der Waals surface area (Å²) in [7, 11) is 0. The molecule has 0 saturated heterocycles. The molecule has 0 fully saturated rings. The lowest BCUT2D eigenvalue weighted by molar-refractivity contribution is -0.127. The largest absolute Gasteiger partial charge is 0.481 e. The van der Waals surface area contributed by atoms with Crippen molar-refractivity contribution >= 4 is 5.91 Å². The Morgan fingerprint density at radius 1 is 1.35 bits per heavy atom. The third-order valence-electron chi connectivity index (χ3n) is 3.66. The van der Waals surface area contributed by atoms with E-state index in [1.807, 2.05) is 25.3 Å². The molecule has 1 amide bonds. The van der Waals surface area contributed by atoms with Crippen molar-refractivity contribution in [1.29, 1.82) is 0 Å². The van der Waals surface area contributed by atoms with Gasteiger partial charge in [-0.15, -0.1) is 0 Å². The van der Waals surface area contributed by atoms with E-state index in [9.17, 15) is 4.79 Å². The van der Waals surface area contributed by atoms with Crippen LogP contribution in [-0.4, -0.2) is 28.3 Å². The summed E-state index contributed by atoms with van der Waals surface area (Å²) in [5.41, 5.74) is 2.24. The zero-order valence-electron chi connectivity index (χ0n) is 14.2. The van der Waals surface area contributed by atoms with Crippen LogP contribution in [0.15, 0.2) is 36.7 Å². The summed E-state index contributed by atoms with van der Waals surface area (Å²) in [4.78, 5) is 12.2. The van der Waals surface area contributed by atoms with Crippen LogP contribution in [0.4, 0.5) is 0 Å². The number of nitrogens with one attached hydrogen (secondary N) is 1. The van der Waals surface area contributed by atoms with Gasteiger partial charge in [-0.05, 0) is 43.0 Å². The van der Waals surface area contributed by atoms with Gasteiger partial charge in [-0.1, -0.05) is 26.0 Å². The zero-order chi connectivity index (χ0) is 16.8. The molecule has 2 aromatic rings. The number of hydrogen-bond donors (Lipinski definition) is 1. The van der Waals surface area contributed by atoms with Gasteiger partial charge in [0.2, 0.25) is 0 Å². The van der Waals surface area contributed by atoms with E-state index in [-0.39, 0.29) is 5.91 Å². The first-order valence-electron chi connectivity index (χ1n) is 7.99. The Bertz CT molecular complexity index is 636. The maximum Gasteiger partial charge on any atom is 0.260 e. The second-order valence-corrected chi connectivity index (χ2v) is 6.02. The minimum absolute atomic E-state index is 0.117. The monoisotopic (exact) mass is 315 g/mol. The number of nitrogens with zero attached hydrogens (tertiary/aromatic N) is 2. The molecule has 0 bridgehead atoms. The van der Waals surface area contributed by atoms with Crippen molar-refractivity contribution in [1.82, 2.24) is 15.1 Å². The van der Waals surface area contributed by atoms with Gasteiger partial charge in [0, 0.05) is 18.9 Å². The van der Waals surface area contributed by atoms with Crippen molar-refractivity contribution in [2.24, 2.45) is 0 Å². The fraction of sp³-hybridized carbons (Fsp3) is 0.444. The van der Waals surface area contributed by atoms with E-state index in [4.69, 9.17) is 4.74 Å². The minimum Gasteiger partial charge on any atom is -0.481 e. The van der Waals surface area contributed by atoms with E-state index >= 15 is 0 Å². The quantitative estimate of drug-likeness (QED) is 0.855. The summed E-state index contributed by atoms with van der Waals surface area (Å²) in [5.74, 6) is 1.02. The van der Waals surface area contributed by atoms with Crippen LogP contribution in [0.1, 0.15) is 37.8 Å². The van der Waals surface area contributed by atoms with Gasteiger partial charge < -0.3 is 10.1 Å². The summed E-state index contributed by atoms with van der Waals surface area (Å²) < 4.78 is 7.68. The number of hydrogen-bond acceptors (Lipinski definition) is 3. The first-order valence-corrected chi connectivity index (χ1v) is 7.99. The minimum atomic E-state index is -0.535. The number of carbonyl (C=O) groups is 1. The fourth-order valence-electron chi connectivity index (χ4n) is 2.33. The molecule has 0 aliphatic carbocycles. The molecule has 5 nitrogen and oxygen atoms in total. The van der Waals surface area contributed by atoms with Crippen LogP contribution in [0.2, 0.25) is 0 Å². The second-order valence-electron chi connectivity index (χ2n) is 6.02. The van der Waals surface area contributed by atoms with Crippen LogP contribution in [0.5, 0.6) is 5.75 Å². The molecular formula is C18H25N3O2. The SMILES string of the molecule is Cc1ccc(C(C)C)c(O[C@@H](C)C(=O)NCCn2cccn2)c1. The van der Waals surface area contributed by atoms with E-state index in [0.717, 1.165) is 16.9 Å². The summed E-state index contributed by atoms with van der Waals surface area (Å²) in [6, 6.07) is 7.98. The molecule has 0 aliphatic rings. The molecule has 1 aromatic carbocycles. The number of amides is 1. The predicted octanol–water partition coefficient (Wildman–Crippen LogP) is 2.90. The maximum absolute atomic E-state index is 12.2. The lowest BCUT2D eigenvalue weighted by Gasteiger charge is -2.19. The van der Waals surface area contributed by atoms with E-state index < -0.39 is 6.10 Å². The topological polar surface area (TPSA) is 56.1 Å². The van der Waals surface area contributed by atoms with Gasteiger partial charge in [0.1, 0.15) is 5.75 Å². The van der Waals surface area contributed by atoms with E-state index in [0.29, 0.717) is 19.0 Å². The molecule has 0 radical (unpaired) electrons. The lowest BCUT2D eigenvalue weighted by atomic mass is 10.0. The molecule has 1 N–H and O–H groups in total. The smallest absolute Gasteiger partial charge is 0.260 e. The predicted molar refractivity (Wildman–Crippen MR) is 90.6 cm³/mol. The molecule has 0 unspecified atom stereocenters. The number of aryl methyl sites for hydroxylation is 1. The third-order valence-corrected chi connectivity index (χ3v) is 3.66. The Morgan fingerprint density at radius 3 is 2.78 bits per heavy atom. The molecule has 2 rings (SSSR count). The van der Waals surface area contributed by atoms with Crippen molar-refractivity contribution in [3.63, 3.8) is 0 Å². The van der Waals surface area contributed by atoms with Gasteiger partial charge in [-0.3, -0.25) is 9.48 Å². The van der Waals surface area contributed by atoms with Crippen molar-refractivity contribution in [2.75, 3.05) is 6.54 Å². The highest BCUT2D eigenvalue weighted by molar-refractivity contribution is 5.80. The van der Waals surface area contributed by atoms with Gasteiger partial charge in [-0.2, -0.15) is 5.10 Å². The van der Waals surface area contributed by atoms with Crippen LogP contribution in [0.25, 0.3) is 0 Å². The first-order chi connectivity index (χ1) is 11.0. The van der Waals surface area contributed by atoms with Gasteiger partial charge in [0.25, 0.3) is 5.91 Å². The Hall–Kier alpha value is -2.30. The summed E-state index contributed by atoms with van der Waals surface area (Å²) in [5, 5.41) is 6.98. The molecule has 0 saturated carbocycles. The van der Waals surface area contributed by atoms with E-state index in [2.05, 4.69) is 36.4 Å². The number of rotatable bonds is 7. The van der Waals surface area contributed by atoms with Crippen LogP contribution >= 0.6 is 0 Å². The van der Waals surface area contributed by atoms with Crippen molar-refractivity contribution in [2.45, 2.75) is 46.3 Å². The van der Waals surface area contributed by atoms with Crippen LogP contribution < -0.4 is 10.1 Å². The Kier molecular flexibility index (Phi) is 5.79. The first kappa shape index (κ1) is 17.1. The number of benzene rings is 1. The number of aromatic nitrogens is 2. The summed E-state index contributed by atoms with van der Waals surface area (Å²) in [6.07, 6.45) is 3.05.